The highest BCUT2D eigenvalue weighted by molar-refractivity contribution is 5.63. The molecule has 0 bridgehead atoms. The summed E-state index contributed by atoms with van der Waals surface area (Å²) in [5.41, 5.74) is -5.04. The van der Waals surface area contributed by atoms with Gasteiger partial charge in [0.2, 0.25) is 0 Å². The predicted octanol–water partition coefficient (Wildman–Crippen LogP) is 11.2. The molecule has 7 nitrogen and oxygen atoms in total. The molecule has 0 radical (unpaired) electrons. The molecule has 6 aliphatic rings. The first kappa shape index (κ1) is 36.9. The van der Waals surface area contributed by atoms with E-state index in [1.54, 1.807) is 0 Å². The van der Waals surface area contributed by atoms with Crippen molar-refractivity contribution in [1.82, 2.24) is 0 Å². The summed E-state index contributed by atoms with van der Waals surface area (Å²) >= 11 is 0. The third-order valence-electron chi connectivity index (χ3n) is 14.7. The van der Waals surface area contributed by atoms with Gasteiger partial charge in [-0.1, -0.05) is 122 Å². The maximum Gasteiger partial charge on any atom is 0.509 e. The molecule has 6 fully saturated rings. The molecule has 2 heterocycles. The Bertz CT molecular complexity index is 1130. The van der Waals surface area contributed by atoms with Gasteiger partial charge in [0, 0.05) is 11.8 Å². The average molecular weight is 675 g/mol. The van der Waals surface area contributed by atoms with Crippen molar-refractivity contribution in [3.8, 4) is 0 Å². The van der Waals surface area contributed by atoms with Crippen LogP contribution >= 0.6 is 0 Å². The van der Waals surface area contributed by atoms with Gasteiger partial charge in [-0.25, -0.2) is 24.3 Å². The van der Waals surface area contributed by atoms with Gasteiger partial charge in [-0.05, 0) is 85.9 Å². The Morgan fingerprint density at radius 1 is 0.479 bits per heavy atom. The van der Waals surface area contributed by atoms with Crippen LogP contribution in [0, 0.1) is 33.5 Å². The minimum atomic E-state index is -0.887. The standard InChI is InChI=1S/C41H70O7/c1-32(2,3)29-21-13-15-23-36(29,40-27-19-17-25-38(40,45-47-40)34(7,8)9)43-31(42)44-37(24-16-14-22-30(37)33(4,5)6)41-28-20-18-26-39(41,46-48-41)35(10,11)12/h29-30H,13-28H2,1-12H3. The number of hydrogen-bond donors (Lipinski definition) is 0. The van der Waals surface area contributed by atoms with E-state index in [-0.39, 0.29) is 33.5 Å². The second-order valence-electron chi connectivity index (χ2n) is 21.1. The highest BCUT2D eigenvalue weighted by Crippen LogP contribution is 2.71. The first-order valence-electron chi connectivity index (χ1n) is 19.8. The summed E-state index contributed by atoms with van der Waals surface area (Å²) in [6.45, 7) is 27.4. The van der Waals surface area contributed by atoms with Gasteiger partial charge >= 0.3 is 6.16 Å². The molecular formula is C41H70O7. The molecule has 0 aromatic heterocycles. The molecule has 4 saturated carbocycles. The second kappa shape index (κ2) is 11.6. The molecule has 4 aliphatic carbocycles. The average Bonchev–Trinajstić information content (AvgIpc) is 2.92. The molecule has 0 spiro atoms. The first-order valence-corrected chi connectivity index (χ1v) is 19.8. The predicted molar refractivity (Wildman–Crippen MR) is 187 cm³/mol. The van der Waals surface area contributed by atoms with Crippen molar-refractivity contribution in [2.75, 3.05) is 0 Å². The lowest BCUT2D eigenvalue weighted by Gasteiger charge is -2.72. The zero-order valence-corrected chi connectivity index (χ0v) is 32.8. The van der Waals surface area contributed by atoms with Gasteiger partial charge in [0.05, 0.1) is 0 Å². The number of carbonyl (C=O) groups is 1. The fraction of sp³-hybridized carbons (Fsp3) is 0.976. The Morgan fingerprint density at radius 2 is 0.812 bits per heavy atom. The van der Waals surface area contributed by atoms with E-state index in [2.05, 4.69) is 83.1 Å². The Balaban J connectivity index is 1.49. The molecule has 8 atom stereocenters. The quantitative estimate of drug-likeness (QED) is 0.217. The molecular weight excluding hydrogens is 604 g/mol. The van der Waals surface area contributed by atoms with E-state index >= 15 is 4.79 Å². The monoisotopic (exact) mass is 675 g/mol. The maximum absolute atomic E-state index is 15.2. The van der Waals surface area contributed by atoms with Gasteiger partial charge in [0.15, 0.2) is 22.4 Å². The van der Waals surface area contributed by atoms with E-state index in [9.17, 15) is 0 Å². The summed E-state index contributed by atoms with van der Waals surface area (Å²) in [4.78, 5) is 41.1. The van der Waals surface area contributed by atoms with Crippen LogP contribution < -0.4 is 0 Å². The zero-order chi connectivity index (χ0) is 35.3. The molecule has 8 unspecified atom stereocenters. The lowest BCUT2D eigenvalue weighted by Crippen LogP contribution is -2.85. The topological polar surface area (TPSA) is 72.5 Å². The second-order valence-corrected chi connectivity index (χ2v) is 21.1. The van der Waals surface area contributed by atoms with E-state index in [0.29, 0.717) is 0 Å². The minimum absolute atomic E-state index is 0.0838. The molecule has 6 rings (SSSR count). The van der Waals surface area contributed by atoms with Crippen molar-refractivity contribution < 1.29 is 33.8 Å². The number of rotatable bonds is 4. The molecule has 0 aromatic rings. The van der Waals surface area contributed by atoms with Gasteiger partial charge in [-0.2, -0.15) is 0 Å². The van der Waals surface area contributed by atoms with Crippen LogP contribution in [0.4, 0.5) is 4.79 Å². The molecule has 0 amide bonds. The SMILES string of the molecule is CC(C)(C)C1CCCCC1(OC(=O)OC1(C23CCCCC2(C(C)(C)C)OO3)CCCCC1C(C)(C)C)C12CCCCC1(C(C)(C)C)OO2. The lowest BCUT2D eigenvalue weighted by molar-refractivity contribution is -0.610. The van der Waals surface area contributed by atoms with Gasteiger partial charge in [0.25, 0.3) is 0 Å². The summed E-state index contributed by atoms with van der Waals surface area (Å²) in [6.07, 6.45) is 14.7. The number of hydrogen-bond acceptors (Lipinski definition) is 7. The Kier molecular flexibility index (Phi) is 8.88. The van der Waals surface area contributed by atoms with Crippen LogP contribution in [-0.4, -0.2) is 39.8 Å². The zero-order valence-electron chi connectivity index (χ0n) is 32.8. The first-order chi connectivity index (χ1) is 22.1. The highest BCUT2D eigenvalue weighted by Gasteiger charge is 2.83. The lowest BCUT2D eigenvalue weighted by atomic mass is 9.47. The Hall–Kier alpha value is -0.890. The van der Waals surface area contributed by atoms with Crippen LogP contribution in [0.5, 0.6) is 0 Å². The van der Waals surface area contributed by atoms with Crippen molar-refractivity contribution in [2.24, 2.45) is 33.5 Å². The van der Waals surface area contributed by atoms with Crippen molar-refractivity contribution >= 4 is 6.16 Å². The highest BCUT2D eigenvalue weighted by atomic mass is 17.3. The Morgan fingerprint density at radius 3 is 1.10 bits per heavy atom. The van der Waals surface area contributed by atoms with E-state index in [4.69, 9.17) is 29.0 Å². The molecule has 48 heavy (non-hydrogen) atoms. The molecule has 2 saturated heterocycles. The molecule has 2 aliphatic heterocycles. The normalized spacial score (nSPS) is 44.0. The summed E-state index contributed by atoms with van der Waals surface area (Å²) in [5, 5.41) is 0. The van der Waals surface area contributed by atoms with Crippen molar-refractivity contribution in [1.29, 1.82) is 0 Å². The van der Waals surface area contributed by atoms with Crippen LogP contribution in [0.3, 0.4) is 0 Å². The summed E-state index contributed by atoms with van der Waals surface area (Å²) < 4.78 is 14.5. The summed E-state index contributed by atoms with van der Waals surface area (Å²) in [5.74, 6) is 0.168. The van der Waals surface area contributed by atoms with E-state index in [1.807, 2.05) is 0 Å². The van der Waals surface area contributed by atoms with Crippen molar-refractivity contribution in [3.05, 3.63) is 0 Å². The van der Waals surface area contributed by atoms with Crippen LogP contribution in [0.2, 0.25) is 0 Å². The van der Waals surface area contributed by atoms with Crippen LogP contribution in [-0.2, 0) is 29.0 Å². The van der Waals surface area contributed by atoms with E-state index < -0.39 is 39.8 Å². The molecule has 276 valence electrons. The largest absolute Gasteiger partial charge is 0.509 e. The number of fused-ring (bicyclic) bond motifs is 2. The van der Waals surface area contributed by atoms with E-state index in [0.717, 1.165) is 103 Å². The third-order valence-corrected chi connectivity index (χ3v) is 14.7. The van der Waals surface area contributed by atoms with Crippen LogP contribution in [0.25, 0.3) is 0 Å². The minimum Gasteiger partial charge on any atom is -0.424 e. The van der Waals surface area contributed by atoms with E-state index in [1.165, 1.54) is 0 Å². The van der Waals surface area contributed by atoms with Crippen molar-refractivity contribution in [3.63, 3.8) is 0 Å². The molecule has 0 N–H and O–H groups in total. The third kappa shape index (κ3) is 4.81. The van der Waals surface area contributed by atoms with Gasteiger partial charge in [-0.15, -0.1) is 0 Å². The van der Waals surface area contributed by atoms with Gasteiger partial charge in [-0.3, -0.25) is 0 Å². The summed E-state index contributed by atoms with van der Waals surface area (Å²) in [7, 11) is 0. The van der Waals surface area contributed by atoms with Crippen LogP contribution in [0.1, 0.15) is 186 Å². The van der Waals surface area contributed by atoms with Crippen molar-refractivity contribution in [2.45, 2.75) is 219 Å². The number of carbonyl (C=O) groups excluding carboxylic acids is 1. The fourth-order valence-electron chi connectivity index (χ4n) is 12.7. The molecule has 7 heteroatoms. The maximum atomic E-state index is 15.2. The number of ether oxygens (including phenoxy) is 2. The van der Waals surface area contributed by atoms with Gasteiger partial charge < -0.3 is 9.47 Å². The smallest absolute Gasteiger partial charge is 0.424 e. The van der Waals surface area contributed by atoms with Gasteiger partial charge in [0.1, 0.15) is 11.2 Å². The Labute approximate surface area is 292 Å². The fourth-order valence-corrected chi connectivity index (χ4v) is 12.7. The summed E-state index contributed by atoms with van der Waals surface area (Å²) in [6, 6.07) is 0. The molecule has 0 aromatic carbocycles. The van der Waals surface area contributed by atoms with Crippen LogP contribution in [0.15, 0.2) is 0 Å².